The number of hydrogen-bond donors (Lipinski definition) is 1. The lowest BCUT2D eigenvalue weighted by Crippen LogP contribution is -2.48. The van der Waals surface area contributed by atoms with Crippen LogP contribution >= 0.6 is 11.6 Å². The van der Waals surface area contributed by atoms with E-state index >= 15 is 0 Å². The number of rotatable bonds is 5. The van der Waals surface area contributed by atoms with Gasteiger partial charge in [-0.05, 0) is 68.5 Å². The van der Waals surface area contributed by atoms with E-state index in [4.69, 9.17) is 11.6 Å². The SMILES string of the molecule is CCCN1c2cc(Cl)c(/C=N\NC(=O)c3cccc(F)c3)cc2C(C)CC1(C)C. The van der Waals surface area contributed by atoms with Gasteiger partial charge >= 0.3 is 0 Å². The highest BCUT2D eigenvalue weighted by atomic mass is 35.5. The molecule has 3 rings (SSSR count). The van der Waals surface area contributed by atoms with Crippen LogP contribution in [-0.2, 0) is 0 Å². The topological polar surface area (TPSA) is 44.7 Å². The van der Waals surface area contributed by atoms with Crippen molar-refractivity contribution in [2.45, 2.75) is 52.0 Å². The number of nitrogens with zero attached hydrogens (tertiary/aromatic N) is 2. The molecule has 0 aliphatic carbocycles. The smallest absolute Gasteiger partial charge is 0.271 e. The first-order valence-corrected chi connectivity index (χ1v) is 10.3. The number of fused-ring (bicyclic) bond motifs is 1. The van der Waals surface area contributed by atoms with E-state index in [1.807, 2.05) is 6.07 Å². The molecule has 0 fully saturated rings. The Morgan fingerprint density at radius 3 is 2.83 bits per heavy atom. The number of amides is 1. The molecule has 2 aromatic rings. The second-order valence-corrected chi connectivity index (χ2v) is 8.62. The molecule has 1 aliphatic rings. The van der Waals surface area contributed by atoms with Crippen LogP contribution in [-0.4, -0.2) is 24.2 Å². The van der Waals surface area contributed by atoms with Crippen molar-refractivity contribution >= 4 is 29.4 Å². The Balaban J connectivity index is 1.84. The molecule has 0 saturated carbocycles. The van der Waals surface area contributed by atoms with E-state index in [2.05, 4.69) is 49.2 Å². The van der Waals surface area contributed by atoms with Gasteiger partial charge in [-0.3, -0.25) is 4.79 Å². The third-order valence-corrected chi connectivity index (χ3v) is 5.74. The van der Waals surface area contributed by atoms with Gasteiger partial charge < -0.3 is 4.90 Å². The normalized spacial score (nSPS) is 18.0. The van der Waals surface area contributed by atoms with Crippen LogP contribution in [0.15, 0.2) is 41.5 Å². The van der Waals surface area contributed by atoms with Crippen molar-refractivity contribution in [3.8, 4) is 0 Å². The minimum Gasteiger partial charge on any atom is -0.366 e. The van der Waals surface area contributed by atoms with Gasteiger partial charge in [0.2, 0.25) is 0 Å². The summed E-state index contributed by atoms with van der Waals surface area (Å²) in [5.41, 5.74) is 5.86. The maximum absolute atomic E-state index is 13.3. The number of hydrogen-bond acceptors (Lipinski definition) is 3. The zero-order valence-corrected chi connectivity index (χ0v) is 18.1. The second-order valence-electron chi connectivity index (χ2n) is 8.21. The summed E-state index contributed by atoms with van der Waals surface area (Å²) in [5, 5.41) is 4.60. The zero-order valence-electron chi connectivity index (χ0n) is 17.3. The van der Waals surface area contributed by atoms with Crippen LogP contribution in [0.1, 0.15) is 67.9 Å². The molecule has 0 bridgehead atoms. The van der Waals surface area contributed by atoms with E-state index in [9.17, 15) is 9.18 Å². The minimum absolute atomic E-state index is 0.0697. The molecular weight excluding hydrogens is 389 g/mol. The lowest BCUT2D eigenvalue weighted by Gasteiger charge is -2.47. The monoisotopic (exact) mass is 415 g/mol. The van der Waals surface area contributed by atoms with Crippen LogP contribution in [0.4, 0.5) is 10.1 Å². The summed E-state index contributed by atoms with van der Waals surface area (Å²) in [7, 11) is 0. The van der Waals surface area contributed by atoms with Crippen molar-refractivity contribution in [1.29, 1.82) is 0 Å². The maximum atomic E-state index is 13.3. The van der Waals surface area contributed by atoms with E-state index in [1.165, 1.54) is 41.7 Å². The number of nitrogens with one attached hydrogen (secondary N) is 1. The summed E-state index contributed by atoms with van der Waals surface area (Å²) in [6, 6.07) is 9.53. The third kappa shape index (κ3) is 4.61. The second kappa shape index (κ2) is 8.54. The third-order valence-electron chi connectivity index (χ3n) is 5.41. The standard InChI is InChI=1S/C23H27ClFN3O/c1-5-9-28-21-12-20(24)17(11-19(21)15(2)13-23(28,3)4)14-26-27-22(29)16-7-6-8-18(25)10-16/h6-8,10-12,14-15H,5,9,13H2,1-4H3,(H,27,29)/b26-14-. The fourth-order valence-corrected chi connectivity index (χ4v) is 4.33. The maximum Gasteiger partial charge on any atom is 0.271 e. The first-order chi connectivity index (χ1) is 13.7. The van der Waals surface area contributed by atoms with Gasteiger partial charge in [0.05, 0.1) is 11.2 Å². The molecule has 1 unspecified atom stereocenters. The van der Waals surface area contributed by atoms with Crippen molar-refractivity contribution in [3.63, 3.8) is 0 Å². The van der Waals surface area contributed by atoms with E-state index in [-0.39, 0.29) is 11.1 Å². The molecule has 1 heterocycles. The summed E-state index contributed by atoms with van der Waals surface area (Å²) in [6.45, 7) is 9.92. The van der Waals surface area contributed by atoms with Gasteiger partial charge in [0.25, 0.3) is 5.91 Å². The van der Waals surface area contributed by atoms with Gasteiger partial charge in [-0.2, -0.15) is 5.10 Å². The highest BCUT2D eigenvalue weighted by Gasteiger charge is 2.36. The Bertz CT molecular complexity index is 942. The number of halogens is 2. The Morgan fingerprint density at radius 2 is 2.14 bits per heavy atom. The van der Waals surface area contributed by atoms with E-state index < -0.39 is 11.7 Å². The van der Waals surface area contributed by atoms with Gasteiger partial charge in [0, 0.05) is 28.9 Å². The number of hydrazone groups is 1. The molecule has 29 heavy (non-hydrogen) atoms. The number of carbonyl (C=O) groups excluding carboxylic acids is 1. The van der Waals surface area contributed by atoms with Gasteiger partial charge in [-0.15, -0.1) is 0 Å². The average molecular weight is 416 g/mol. The molecule has 4 nitrogen and oxygen atoms in total. The Kier molecular flexibility index (Phi) is 6.27. The molecule has 1 aliphatic heterocycles. The van der Waals surface area contributed by atoms with Crippen molar-refractivity contribution in [2.24, 2.45) is 5.10 Å². The van der Waals surface area contributed by atoms with Crippen LogP contribution in [0.25, 0.3) is 0 Å². The largest absolute Gasteiger partial charge is 0.366 e. The first kappa shape index (κ1) is 21.3. The quantitative estimate of drug-likeness (QED) is 0.499. The van der Waals surface area contributed by atoms with E-state index in [1.54, 1.807) is 0 Å². The molecule has 0 aromatic heterocycles. The summed E-state index contributed by atoms with van der Waals surface area (Å²) in [4.78, 5) is 14.5. The Hall–Kier alpha value is -2.40. The fourth-order valence-electron chi connectivity index (χ4n) is 4.12. The van der Waals surface area contributed by atoms with Crippen LogP contribution < -0.4 is 10.3 Å². The van der Waals surface area contributed by atoms with Gasteiger partial charge in [0.15, 0.2) is 0 Å². The minimum atomic E-state index is -0.473. The molecule has 1 atom stereocenters. The summed E-state index contributed by atoms with van der Waals surface area (Å²) in [5.74, 6) is -0.550. The molecule has 0 spiro atoms. The number of benzene rings is 2. The highest BCUT2D eigenvalue weighted by molar-refractivity contribution is 6.33. The average Bonchev–Trinajstić information content (AvgIpc) is 2.65. The highest BCUT2D eigenvalue weighted by Crippen LogP contribution is 2.45. The number of carbonyl (C=O) groups is 1. The Labute approximate surface area is 176 Å². The van der Waals surface area contributed by atoms with Gasteiger partial charge in [-0.1, -0.05) is 31.5 Å². The van der Waals surface area contributed by atoms with Crippen LogP contribution in [0, 0.1) is 5.82 Å². The van der Waals surface area contributed by atoms with Crippen molar-refractivity contribution in [3.05, 3.63) is 63.9 Å². The van der Waals surface area contributed by atoms with Gasteiger partial charge in [0.1, 0.15) is 5.82 Å². The van der Waals surface area contributed by atoms with E-state index in [0.29, 0.717) is 10.9 Å². The summed E-state index contributed by atoms with van der Waals surface area (Å²) < 4.78 is 13.3. The molecule has 154 valence electrons. The van der Waals surface area contributed by atoms with Gasteiger partial charge in [-0.25, -0.2) is 9.82 Å². The van der Waals surface area contributed by atoms with Crippen molar-refractivity contribution in [2.75, 3.05) is 11.4 Å². The lowest BCUT2D eigenvalue weighted by molar-refractivity contribution is 0.0954. The number of anilines is 1. The molecular formula is C23H27ClFN3O. The summed E-state index contributed by atoms with van der Waals surface area (Å²) in [6.07, 6.45) is 3.65. The summed E-state index contributed by atoms with van der Waals surface area (Å²) >= 11 is 6.54. The Morgan fingerprint density at radius 1 is 1.38 bits per heavy atom. The van der Waals surface area contributed by atoms with Crippen LogP contribution in [0.3, 0.4) is 0 Å². The first-order valence-electron chi connectivity index (χ1n) is 9.93. The molecule has 6 heteroatoms. The molecule has 1 amide bonds. The molecule has 1 N–H and O–H groups in total. The van der Waals surface area contributed by atoms with Crippen LogP contribution in [0.2, 0.25) is 5.02 Å². The van der Waals surface area contributed by atoms with E-state index in [0.717, 1.165) is 24.9 Å². The fraction of sp³-hybridized carbons (Fsp3) is 0.391. The zero-order chi connectivity index (χ0) is 21.2. The molecule has 0 saturated heterocycles. The lowest BCUT2D eigenvalue weighted by atomic mass is 9.79. The predicted octanol–water partition coefficient (Wildman–Crippen LogP) is 5.75. The predicted molar refractivity (Wildman–Crippen MR) is 118 cm³/mol. The van der Waals surface area contributed by atoms with Crippen molar-refractivity contribution < 1.29 is 9.18 Å². The molecule has 2 aromatic carbocycles. The van der Waals surface area contributed by atoms with Crippen LogP contribution in [0.5, 0.6) is 0 Å². The van der Waals surface area contributed by atoms with Crippen molar-refractivity contribution in [1.82, 2.24) is 5.43 Å². The molecule has 0 radical (unpaired) electrons.